The number of aromatic nitrogens is 1. The minimum atomic E-state index is -1.17. The Morgan fingerprint density at radius 1 is 1.19 bits per heavy atom. The van der Waals surface area contributed by atoms with E-state index in [0.29, 0.717) is 66.2 Å². The Bertz CT molecular complexity index is 1560. The van der Waals surface area contributed by atoms with Gasteiger partial charge >= 0.3 is 5.97 Å². The Morgan fingerprint density at radius 3 is 2.79 bits per heavy atom. The smallest absolute Gasteiger partial charge is 0.310 e. The second-order valence-electron chi connectivity index (χ2n) is 11.7. The average Bonchev–Trinajstić information content (AvgIpc) is 3.59. The van der Waals surface area contributed by atoms with E-state index in [4.69, 9.17) is 20.9 Å². The highest BCUT2D eigenvalue weighted by Crippen LogP contribution is 2.46. The standard InChI is InChI=1S/C31H33ClFN3O6/c1-31(30(39)40)13-3-2-7-20(31)29(38)36-15-12-18-21(32)10-11-25(27(18)24(36)16-35-14-5-9-26(35)37)41-17-23-19-6-4-8-22(33)28(19)42-34-23/h4,6,8,10-11,20,24H,2-3,5,7,9,12-17H2,1H3,(H,39,40)/t20-,24+,31-/m0/s1. The van der Waals surface area contributed by atoms with Gasteiger partial charge in [0.25, 0.3) is 0 Å². The summed E-state index contributed by atoms with van der Waals surface area (Å²) < 4.78 is 25.7. The van der Waals surface area contributed by atoms with Crippen LogP contribution in [0, 0.1) is 17.2 Å². The lowest BCUT2D eigenvalue weighted by Gasteiger charge is -2.45. The van der Waals surface area contributed by atoms with Crippen molar-refractivity contribution in [2.45, 2.75) is 64.5 Å². The fourth-order valence-corrected chi connectivity index (χ4v) is 7.14. The Labute approximate surface area is 247 Å². The van der Waals surface area contributed by atoms with Crippen LogP contribution < -0.4 is 4.74 Å². The van der Waals surface area contributed by atoms with Gasteiger partial charge < -0.3 is 24.2 Å². The lowest BCUT2D eigenvalue weighted by molar-refractivity contribution is -0.162. The molecule has 1 aromatic heterocycles. The van der Waals surface area contributed by atoms with E-state index in [1.54, 1.807) is 41.0 Å². The number of benzene rings is 2. The van der Waals surface area contributed by atoms with Gasteiger partial charge in [-0.05, 0) is 62.4 Å². The largest absolute Gasteiger partial charge is 0.487 e. The third-order valence-electron chi connectivity index (χ3n) is 9.30. The Morgan fingerprint density at radius 2 is 2.02 bits per heavy atom. The summed E-state index contributed by atoms with van der Waals surface area (Å²) in [5.74, 6) is -1.89. The molecule has 0 bridgehead atoms. The second-order valence-corrected chi connectivity index (χ2v) is 12.1. The molecule has 3 aliphatic rings. The first-order chi connectivity index (χ1) is 20.2. The number of rotatable bonds is 7. The lowest BCUT2D eigenvalue weighted by Crippen LogP contribution is -2.52. The van der Waals surface area contributed by atoms with Crippen LogP contribution >= 0.6 is 11.6 Å². The van der Waals surface area contributed by atoms with Crippen LogP contribution in [0.2, 0.25) is 5.02 Å². The second kappa shape index (κ2) is 11.2. The lowest BCUT2D eigenvalue weighted by atomic mass is 9.66. The quantitative estimate of drug-likeness (QED) is 0.381. The third kappa shape index (κ3) is 4.89. The molecule has 2 aromatic carbocycles. The molecular weight excluding hydrogens is 565 g/mol. The van der Waals surface area contributed by atoms with Crippen molar-refractivity contribution in [1.29, 1.82) is 0 Å². The van der Waals surface area contributed by atoms with Crippen LogP contribution in [0.15, 0.2) is 34.9 Å². The fraction of sp³-hybridized carbons (Fsp3) is 0.484. The van der Waals surface area contributed by atoms with Crippen molar-refractivity contribution in [3.8, 4) is 5.75 Å². The fourth-order valence-electron chi connectivity index (χ4n) is 6.88. The molecule has 6 rings (SSSR count). The summed E-state index contributed by atoms with van der Waals surface area (Å²) in [7, 11) is 0. The van der Waals surface area contributed by atoms with Gasteiger partial charge in [0.2, 0.25) is 17.4 Å². The number of amides is 2. The number of ether oxygens (including phenoxy) is 1. The molecule has 1 saturated carbocycles. The normalized spacial score (nSPS) is 24.2. The molecular formula is C31H33ClFN3O6. The summed E-state index contributed by atoms with van der Waals surface area (Å²) in [6.07, 6.45) is 4.11. The number of fused-ring (bicyclic) bond motifs is 2. The van der Waals surface area contributed by atoms with Crippen LogP contribution in [0.5, 0.6) is 5.75 Å². The van der Waals surface area contributed by atoms with E-state index < -0.39 is 29.2 Å². The van der Waals surface area contributed by atoms with Crippen LogP contribution in [0.1, 0.15) is 68.3 Å². The summed E-state index contributed by atoms with van der Waals surface area (Å²) in [6, 6.07) is 7.48. The molecule has 11 heteroatoms. The molecule has 1 N–H and O–H groups in total. The van der Waals surface area contributed by atoms with E-state index in [0.717, 1.165) is 24.8 Å². The Kier molecular flexibility index (Phi) is 7.59. The SMILES string of the molecule is C[C@]1(C(=O)O)CCCC[C@H]1C(=O)N1CCc2c(Cl)ccc(OCc3noc4c(F)cccc34)c2[C@H]1CN1CCCC1=O. The molecule has 2 amide bonds. The van der Waals surface area contributed by atoms with Gasteiger partial charge in [0.15, 0.2) is 5.82 Å². The first-order valence-corrected chi connectivity index (χ1v) is 14.9. The summed E-state index contributed by atoms with van der Waals surface area (Å²) in [6.45, 7) is 2.83. The van der Waals surface area contributed by atoms with Crippen molar-refractivity contribution in [1.82, 2.24) is 15.0 Å². The van der Waals surface area contributed by atoms with Gasteiger partial charge in [-0.25, -0.2) is 4.39 Å². The summed E-state index contributed by atoms with van der Waals surface area (Å²) >= 11 is 6.70. The molecule has 9 nitrogen and oxygen atoms in total. The molecule has 2 aliphatic heterocycles. The van der Waals surface area contributed by atoms with E-state index in [1.807, 2.05) is 0 Å². The molecule has 0 spiro atoms. The molecule has 0 radical (unpaired) electrons. The van der Waals surface area contributed by atoms with Crippen molar-refractivity contribution >= 4 is 40.4 Å². The van der Waals surface area contributed by atoms with Crippen LogP contribution in [0.25, 0.3) is 11.0 Å². The monoisotopic (exact) mass is 597 g/mol. The zero-order chi connectivity index (χ0) is 29.6. The van der Waals surface area contributed by atoms with Crippen molar-refractivity contribution in [2.24, 2.45) is 11.3 Å². The number of hydrogen-bond acceptors (Lipinski definition) is 6. The molecule has 3 heterocycles. The average molecular weight is 598 g/mol. The topological polar surface area (TPSA) is 113 Å². The van der Waals surface area contributed by atoms with E-state index in [-0.39, 0.29) is 30.5 Å². The minimum Gasteiger partial charge on any atom is -0.487 e. The minimum absolute atomic E-state index is 0.0168. The number of nitrogens with zero attached hydrogens (tertiary/aromatic N) is 3. The summed E-state index contributed by atoms with van der Waals surface area (Å²) in [5, 5.41) is 15.2. The maximum Gasteiger partial charge on any atom is 0.310 e. The number of carbonyl (C=O) groups is 3. The summed E-state index contributed by atoms with van der Waals surface area (Å²) in [4.78, 5) is 42.9. The molecule has 2 fully saturated rings. The number of halogens is 2. The maximum atomic E-state index is 14.3. The first kappa shape index (κ1) is 28.5. The molecule has 1 saturated heterocycles. The Hall–Kier alpha value is -3.66. The van der Waals surface area contributed by atoms with E-state index in [2.05, 4.69) is 5.16 Å². The number of hydrogen-bond donors (Lipinski definition) is 1. The molecule has 3 atom stereocenters. The van der Waals surface area contributed by atoms with Gasteiger partial charge in [0.1, 0.15) is 18.1 Å². The van der Waals surface area contributed by atoms with Crippen LogP contribution in [-0.2, 0) is 27.4 Å². The zero-order valence-electron chi connectivity index (χ0n) is 23.4. The van der Waals surface area contributed by atoms with E-state index >= 15 is 0 Å². The number of carbonyl (C=O) groups excluding carboxylic acids is 2. The van der Waals surface area contributed by atoms with Crippen molar-refractivity contribution in [2.75, 3.05) is 19.6 Å². The van der Waals surface area contributed by atoms with Gasteiger partial charge in [0.05, 0.1) is 22.8 Å². The van der Waals surface area contributed by atoms with Crippen molar-refractivity contribution in [3.63, 3.8) is 0 Å². The van der Waals surface area contributed by atoms with Gasteiger partial charge in [0, 0.05) is 36.6 Å². The highest BCUT2D eigenvalue weighted by molar-refractivity contribution is 6.31. The molecule has 0 unspecified atom stereocenters. The van der Waals surface area contributed by atoms with Gasteiger partial charge in [-0.3, -0.25) is 14.4 Å². The molecule has 42 heavy (non-hydrogen) atoms. The predicted octanol–water partition coefficient (Wildman–Crippen LogP) is 5.53. The van der Waals surface area contributed by atoms with E-state index in [9.17, 15) is 23.9 Å². The number of carboxylic acid groups (broad SMARTS) is 1. The number of aliphatic carboxylic acids is 1. The van der Waals surface area contributed by atoms with Crippen LogP contribution in [-0.4, -0.2) is 57.5 Å². The first-order valence-electron chi connectivity index (χ1n) is 14.5. The van der Waals surface area contributed by atoms with Crippen molar-refractivity contribution < 1.29 is 33.1 Å². The van der Waals surface area contributed by atoms with Crippen LogP contribution in [0.3, 0.4) is 0 Å². The third-order valence-corrected chi connectivity index (χ3v) is 9.66. The molecule has 222 valence electrons. The van der Waals surface area contributed by atoms with Gasteiger partial charge in [-0.15, -0.1) is 0 Å². The predicted molar refractivity (Wildman–Crippen MR) is 151 cm³/mol. The highest BCUT2D eigenvalue weighted by atomic mass is 35.5. The van der Waals surface area contributed by atoms with E-state index in [1.165, 1.54) is 6.07 Å². The molecule has 1 aliphatic carbocycles. The number of carboxylic acids is 1. The Balaban J connectivity index is 1.38. The zero-order valence-corrected chi connectivity index (χ0v) is 24.2. The van der Waals surface area contributed by atoms with Crippen molar-refractivity contribution in [3.05, 3.63) is 58.0 Å². The van der Waals surface area contributed by atoms with Gasteiger partial charge in [-0.1, -0.05) is 35.7 Å². The van der Waals surface area contributed by atoms with Crippen LogP contribution in [0.4, 0.5) is 4.39 Å². The maximum absolute atomic E-state index is 14.3. The van der Waals surface area contributed by atoms with Gasteiger partial charge in [-0.2, -0.15) is 0 Å². The number of likely N-dealkylation sites (tertiary alicyclic amines) is 1. The summed E-state index contributed by atoms with van der Waals surface area (Å²) in [5.41, 5.74) is 0.831. The molecule has 3 aromatic rings. The highest BCUT2D eigenvalue weighted by Gasteiger charge is 2.50. The number of para-hydroxylation sites is 1.